The normalized spacial score (nSPS) is 22.5. The van der Waals surface area contributed by atoms with E-state index in [1.807, 2.05) is 4.90 Å². The predicted octanol–water partition coefficient (Wildman–Crippen LogP) is 1.62. The van der Waals surface area contributed by atoms with Gasteiger partial charge in [0, 0.05) is 19.5 Å². The molecule has 0 aliphatic carbocycles. The smallest absolute Gasteiger partial charge is 0.222 e. The summed E-state index contributed by atoms with van der Waals surface area (Å²) in [6.07, 6.45) is 4.05. The molecule has 0 spiro atoms. The van der Waals surface area contributed by atoms with Gasteiger partial charge in [-0.05, 0) is 37.6 Å². The molecule has 0 bridgehead atoms. The van der Waals surface area contributed by atoms with Crippen LogP contribution in [0, 0.1) is 11.8 Å². The zero-order chi connectivity index (χ0) is 11.3. The van der Waals surface area contributed by atoms with Gasteiger partial charge in [0.25, 0.3) is 0 Å². The van der Waals surface area contributed by atoms with Crippen LogP contribution in [0.1, 0.15) is 39.5 Å². The number of amides is 1. The lowest BCUT2D eigenvalue weighted by atomic mass is 9.88. The quantitative estimate of drug-likeness (QED) is 0.752. The third-order valence-corrected chi connectivity index (χ3v) is 3.06. The Bertz CT molecular complexity index is 204. The van der Waals surface area contributed by atoms with Gasteiger partial charge in [0.05, 0.1) is 0 Å². The highest BCUT2D eigenvalue weighted by Crippen LogP contribution is 2.24. The maximum Gasteiger partial charge on any atom is 0.222 e. The average Bonchev–Trinajstić information content (AvgIpc) is 2.15. The van der Waals surface area contributed by atoms with Crippen LogP contribution in [0.2, 0.25) is 0 Å². The van der Waals surface area contributed by atoms with Crippen LogP contribution in [0.25, 0.3) is 0 Å². The van der Waals surface area contributed by atoms with E-state index in [1.54, 1.807) is 0 Å². The summed E-state index contributed by atoms with van der Waals surface area (Å²) in [7, 11) is 0. The minimum Gasteiger partial charge on any atom is -0.343 e. The first kappa shape index (κ1) is 12.5. The van der Waals surface area contributed by atoms with Crippen molar-refractivity contribution in [1.29, 1.82) is 0 Å². The van der Waals surface area contributed by atoms with Gasteiger partial charge in [0.15, 0.2) is 0 Å². The fraction of sp³-hybridized carbons (Fsp3) is 0.917. The summed E-state index contributed by atoms with van der Waals surface area (Å²) in [6, 6.07) is 0. The van der Waals surface area contributed by atoms with Gasteiger partial charge in [0.1, 0.15) is 0 Å². The van der Waals surface area contributed by atoms with Crippen molar-refractivity contribution < 1.29 is 4.79 Å². The maximum absolute atomic E-state index is 11.8. The van der Waals surface area contributed by atoms with Crippen LogP contribution in [0.4, 0.5) is 0 Å². The fourth-order valence-corrected chi connectivity index (χ4v) is 2.33. The number of likely N-dealkylation sites (tertiary alicyclic amines) is 1. The molecule has 1 amide bonds. The van der Waals surface area contributed by atoms with Crippen molar-refractivity contribution >= 4 is 5.91 Å². The van der Waals surface area contributed by atoms with Crippen molar-refractivity contribution in [3.8, 4) is 0 Å². The van der Waals surface area contributed by atoms with Crippen LogP contribution in [0.15, 0.2) is 0 Å². The molecule has 1 aliphatic rings. The van der Waals surface area contributed by atoms with Crippen molar-refractivity contribution in [3.05, 3.63) is 0 Å². The van der Waals surface area contributed by atoms with Gasteiger partial charge >= 0.3 is 0 Å². The van der Waals surface area contributed by atoms with Gasteiger partial charge in [0.2, 0.25) is 5.91 Å². The Labute approximate surface area is 93.0 Å². The van der Waals surface area contributed by atoms with E-state index in [2.05, 4.69) is 13.8 Å². The number of carbonyl (C=O) groups is 1. The first-order valence-electron chi connectivity index (χ1n) is 6.11. The molecule has 1 unspecified atom stereocenters. The first-order valence-corrected chi connectivity index (χ1v) is 6.11. The molecular formula is C12H24N2O. The highest BCUT2D eigenvalue weighted by Gasteiger charge is 2.25. The lowest BCUT2D eigenvalue weighted by Gasteiger charge is -2.32. The second-order valence-electron chi connectivity index (χ2n) is 5.01. The summed E-state index contributed by atoms with van der Waals surface area (Å²) in [4.78, 5) is 13.8. The van der Waals surface area contributed by atoms with Crippen LogP contribution in [0.3, 0.4) is 0 Å². The SMILES string of the molecule is CC(C)CC1CCN(CCCN)C(=O)C1. The van der Waals surface area contributed by atoms with Gasteiger partial charge in [-0.3, -0.25) is 4.79 Å². The summed E-state index contributed by atoms with van der Waals surface area (Å²) < 4.78 is 0. The molecule has 1 heterocycles. The summed E-state index contributed by atoms with van der Waals surface area (Å²) in [6.45, 7) is 6.93. The van der Waals surface area contributed by atoms with Gasteiger partial charge in [-0.1, -0.05) is 13.8 Å². The Kier molecular flexibility index (Phi) is 5.09. The number of piperidine rings is 1. The number of nitrogens with zero attached hydrogens (tertiary/aromatic N) is 1. The zero-order valence-electron chi connectivity index (χ0n) is 10.0. The van der Waals surface area contributed by atoms with E-state index in [0.29, 0.717) is 24.3 Å². The standard InChI is InChI=1S/C12H24N2O/c1-10(2)8-11-4-7-14(6-3-5-13)12(15)9-11/h10-11H,3-9,13H2,1-2H3. The molecule has 1 aliphatic heterocycles. The van der Waals surface area contributed by atoms with Crippen LogP contribution < -0.4 is 5.73 Å². The largest absolute Gasteiger partial charge is 0.343 e. The second kappa shape index (κ2) is 6.11. The average molecular weight is 212 g/mol. The van der Waals surface area contributed by atoms with E-state index in [4.69, 9.17) is 5.73 Å². The fourth-order valence-electron chi connectivity index (χ4n) is 2.33. The molecule has 3 heteroatoms. The Morgan fingerprint density at radius 3 is 2.80 bits per heavy atom. The van der Waals surface area contributed by atoms with Gasteiger partial charge in [-0.25, -0.2) is 0 Å². The molecule has 88 valence electrons. The van der Waals surface area contributed by atoms with Gasteiger partial charge in [-0.2, -0.15) is 0 Å². The monoisotopic (exact) mass is 212 g/mol. The molecule has 1 rings (SSSR count). The Morgan fingerprint density at radius 1 is 1.53 bits per heavy atom. The third-order valence-electron chi connectivity index (χ3n) is 3.06. The Morgan fingerprint density at radius 2 is 2.27 bits per heavy atom. The molecule has 2 N–H and O–H groups in total. The van der Waals surface area contributed by atoms with Gasteiger partial charge < -0.3 is 10.6 Å². The summed E-state index contributed by atoms with van der Waals surface area (Å²) in [5, 5.41) is 0. The van der Waals surface area contributed by atoms with E-state index >= 15 is 0 Å². The van der Waals surface area contributed by atoms with E-state index < -0.39 is 0 Å². The number of nitrogens with two attached hydrogens (primary N) is 1. The van der Waals surface area contributed by atoms with Crippen molar-refractivity contribution in [2.24, 2.45) is 17.6 Å². The van der Waals surface area contributed by atoms with Crippen molar-refractivity contribution in [1.82, 2.24) is 4.90 Å². The summed E-state index contributed by atoms with van der Waals surface area (Å²) in [5.74, 6) is 1.66. The van der Waals surface area contributed by atoms with Crippen LogP contribution in [0.5, 0.6) is 0 Å². The topological polar surface area (TPSA) is 46.3 Å². The number of rotatable bonds is 5. The molecule has 0 aromatic carbocycles. The number of hydrogen-bond acceptors (Lipinski definition) is 2. The van der Waals surface area contributed by atoms with E-state index in [9.17, 15) is 4.79 Å². The highest BCUT2D eigenvalue weighted by atomic mass is 16.2. The maximum atomic E-state index is 11.8. The molecule has 15 heavy (non-hydrogen) atoms. The molecule has 1 saturated heterocycles. The summed E-state index contributed by atoms with van der Waals surface area (Å²) >= 11 is 0. The van der Waals surface area contributed by atoms with Crippen molar-refractivity contribution in [3.63, 3.8) is 0 Å². The highest BCUT2D eigenvalue weighted by molar-refractivity contribution is 5.77. The molecule has 1 fully saturated rings. The van der Waals surface area contributed by atoms with Crippen LogP contribution >= 0.6 is 0 Å². The lowest BCUT2D eigenvalue weighted by Crippen LogP contribution is -2.40. The Balaban J connectivity index is 2.31. The molecule has 3 nitrogen and oxygen atoms in total. The van der Waals surface area contributed by atoms with Gasteiger partial charge in [-0.15, -0.1) is 0 Å². The minimum absolute atomic E-state index is 0.334. The van der Waals surface area contributed by atoms with Crippen molar-refractivity contribution in [2.75, 3.05) is 19.6 Å². The first-order chi connectivity index (χ1) is 7.13. The molecular weight excluding hydrogens is 188 g/mol. The van der Waals surface area contributed by atoms with Crippen LogP contribution in [-0.2, 0) is 4.79 Å². The van der Waals surface area contributed by atoms with E-state index in [0.717, 1.165) is 25.9 Å². The zero-order valence-corrected chi connectivity index (χ0v) is 10.0. The molecule has 1 atom stereocenters. The van der Waals surface area contributed by atoms with E-state index in [-0.39, 0.29) is 0 Å². The number of hydrogen-bond donors (Lipinski definition) is 1. The molecule has 0 aromatic rings. The number of carbonyl (C=O) groups excluding carboxylic acids is 1. The molecule has 0 aromatic heterocycles. The second-order valence-corrected chi connectivity index (χ2v) is 5.01. The third kappa shape index (κ3) is 4.20. The lowest BCUT2D eigenvalue weighted by molar-refractivity contribution is -0.135. The molecule has 0 saturated carbocycles. The predicted molar refractivity (Wildman–Crippen MR) is 62.4 cm³/mol. The molecule has 0 radical (unpaired) electrons. The summed E-state index contributed by atoms with van der Waals surface area (Å²) in [5.41, 5.74) is 5.45. The Hall–Kier alpha value is -0.570. The van der Waals surface area contributed by atoms with Crippen LogP contribution in [-0.4, -0.2) is 30.4 Å². The van der Waals surface area contributed by atoms with Crippen molar-refractivity contribution in [2.45, 2.75) is 39.5 Å². The van der Waals surface area contributed by atoms with E-state index in [1.165, 1.54) is 12.8 Å². The minimum atomic E-state index is 0.334.